The van der Waals surface area contributed by atoms with E-state index in [9.17, 15) is 4.79 Å². The van der Waals surface area contributed by atoms with E-state index in [0.717, 1.165) is 30.3 Å². The lowest BCUT2D eigenvalue weighted by Crippen LogP contribution is -2.32. The second kappa shape index (κ2) is 8.74. The van der Waals surface area contributed by atoms with Crippen LogP contribution in [0.25, 0.3) is 5.65 Å². The average molecular weight is 373 g/mol. The quantitative estimate of drug-likeness (QED) is 0.803. The van der Waals surface area contributed by atoms with Gasteiger partial charge in [-0.1, -0.05) is 25.3 Å². The van der Waals surface area contributed by atoms with Gasteiger partial charge in [0.2, 0.25) is 0 Å². The minimum Gasteiger partial charge on any atom is -0.444 e. The maximum Gasteiger partial charge on any atom is 0.407 e. The zero-order valence-electron chi connectivity index (χ0n) is 16.8. The number of aromatic nitrogens is 2. The molecule has 0 aromatic carbocycles. The van der Waals surface area contributed by atoms with Crippen molar-refractivity contribution >= 4 is 11.7 Å². The molecule has 1 aliphatic carbocycles. The Labute approximate surface area is 161 Å². The van der Waals surface area contributed by atoms with Gasteiger partial charge in [0.25, 0.3) is 0 Å². The number of nitrogens with one attached hydrogen (secondary N) is 2. The van der Waals surface area contributed by atoms with E-state index in [4.69, 9.17) is 4.74 Å². The highest BCUT2D eigenvalue weighted by Crippen LogP contribution is 2.22. The number of carbonyl (C=O) groups is 1. The molecular weight excluding hydrogens is 340 g/mol. The van der Waals surface area contributed by atoms with Crippen LogP contribution in [0.15, 0.2) is 24.5 Å². The van der Waals surface area contributed by atoms with Gasteiger partial charge < -0.3 is 19.8 Å². The standard InChI is InChI=1S/C21H32N4O2/c1-21(2,3)27-20(26)23-13-18-15-25-14-17(9-10-19(25)24-18)12-22-11-16-7-5-4-6-8-16/h9-10,14-16,22H,4-8,11-13H2,1-3H3,(H,23,26). The molecule has 0 atom stereocenters. The summed E-state index contributed by atoms with van der Waals surface area (Å²) in [4.78, 5) is 16.3. The Morgan fingerprint density at radius 3 is 2.70 bits per heavy atom. The minimum atomic E-state index is -0.497. The highest BCUT2D eigenvalue weighted by atomic mass is 16.6. The van der Waals surface area contributed by atoms with Crippen LogP contribution in [0, 0.1) is 5.92 Å². The summed E-state index contributed by atoms with van der Waals surface area (Å²) in [5.41, 5.74) is 2.44. The molecule has 27 heavy (non-hydrogen) atoms. The maximum absolute atomic E-state index is 11.8. The van der Waals surface area contributed by atoms with Gasteiger partial charge in [0, 0.05) is 18.9 Å². The molecule has 2 aromatic rings. The van der Waals surface area contributed by atoms with E-state index >= 15 is 0 Å². The van der Waals surface area contributed by atoms with E-state index in [-0.39, 0.29) is 0 Å². The van der Waals surface area contributed by atoms with Crippen molar-refractivity contribution in [2.24, 2.45) is 5.92 Å². The van der Waals surface area contributed by atoms with E-state index < -0.39 is 11.7 Å². The zero-order chi connectivity index (χ0) is 19.3. The normalized spacial score (nSPS) is 15.8. The molecule has 148 valence electrons. The molecule has 0 saturated heterocycles. The molecule has 1 fully saturated rings. The van der Waals surface area contributed by atoms with Crippen LogP contribution in [0.2, 0.25) is 0 Å². The third-order valence-electron chi connectivity index (χ3n) is 4.86. The second-order valence-electron chi connectivity index (χ2n) is 8.53. The van der Waals surface area contributed by atoms with E-state index in [0.29, 0.717) is 6.54 Å². The fraction of sp³-hybridized carbons (Fsp3) is 0.619. The van der Waals surface area contributed by atoms with Crippen LogP contribution in [-0.2, 0) is 17.8 Å². The van der Waals surface area contributed by atoms with E-state index in [1.807, 2.05) is 37.4 Å². The van der Waals surface area contributed by atoms with Gasteiger partial charge in [-0.25, -0.2) is 9.78 Å². The first-order chi connectivity index (χ1) is 12.9. The van der Waals surface area contributed by atoms with Crippen LogP contribution in [0.3, 0.4) is 0 Å². The SMILES string of the molecule is CC(C)(C)OC(=O)NCc1cn2cc(CNCC3CCCCC3)ccc2n1. The Bertz CT molecular complexity index is 757. The van der Waals surface area contributed by atoms with Gasteiger partial charge in [-0.15, -0.1) is 0 Å². The van der Waals surface area contributed by atoms with Crippen LogP contribution < -0.4 is 10.6 Å². The average Bonchev–Trinajstić information content (AvgIpc) is 3.02. The molecule has 0 radical (unpaired) electrons. The summed E-state index contributed by atoms with van der Waals surface area (Å²) in [5.74, 6) is 0.834. The Kier molecular flexibility index (Phi) is 6.37. The van der Waals surface area contributed by atoms with Gasteiger partial charge in [0.15, 0.2) is 0 Å². The summed E-state index contributed by atoms with van der Waals surface area (Å²) in [6, 6.07) is 4.13. The molecule has 6 heteroatoms. The van der Waals surface area contributed by atoms with E-state index in [1.54, 1.807) is 0 Å². The number of imidazole rings is 1. The first-order valence-corrected chi connectivity index (χ1v) is 10.0. The largest absolute Gasteiger partial charge is 0.444 e. The van der Waals surface area contributed by atoms with Crippen molar-refractivity contribution in [3.05, 3.63) is 35.8 Å². The molecule has 2 N–H and O–H groups in total. The highest BCUT2D eigenvalue weighted by Gasteiger charge is 2.16. The number of pyridine rings is 1. The predicted octanol–water partition coefficient (Wildman–Crippen LogP) is 4.03. The first kappa shape index (κ1) is 19.7. The number of hydrogen-bond donors (Lipinski definition) is 2. The predicted molar refractivity (Wildman–Crippen MR) is 107 cm³/mol. The van der Waals surface area contributed by atoms with Crippen molar-refractivity contribution in [3.8, 4) is 0 Å². The number of amides is 1. The molecule has 0 aliphatic heterocycles. The van der Waals surface area contributed by atoms with Crippen LogP contribution in [0.1, 0.15) is 64.1 Å². The summed E-state index contributed by atoms with van der Waals surface area (Å²) >= 11 is 0. The monoisotopic (exact) mass is 372 g/mol. The molecule has 0 unspecified atom stereocenters. The van der Waals surface area contributed by atoms with Crippen LogP contribution in [0.4, 0.5) is 4.79 Å². The summed E-state index contributed by atoms with van der Waals surface area (Å²) in [5, 5.41) is 6.35. The lowest BCUT2D eigenvalue weighted by atomic mass is 9.89. The number of ether oxygens (including phenoxy) is 1. The van der Waals surface area contributed by atoms with Crippen molar-refractivity contribution in [1.29, 1.82) is 0 Å². The van der Waals surface area contributed by atoms with Gasteiger partial charge in [-0.05, 0) is 57.7 Å². The van der Waals surface area contributed by atoms with Crippen molar-refractivity contribution in [1.82, 2.24) is 20.0 Å². The molecular formula is C21H32N4O2. The first-order valence-electron chi connectivity index (χ1n) is 10.0. The number of hydrogen-bond acceptors (Lipinski definition) is 4. The van der Waals surface area contributed by atoms with Crippen LogP contribution in [0.5, 0.6) is 0 Å². The highest BCUT2D eigenvalue weighted by molar-refractivity contribution is 5.67. The molecule has 0 spiro atoms. The second-order valence-corrected chi connectivity index (χ2v) is 8.53. The fourth-order valence-electron chi connectivity index (χ4n) is 3.57. The molecule has 2 aromatic heterocycles. The van der Waals surface area contributed by atoms with E-state index in [1.165, 1.54) is 37.7 Å². The van der Waals surface area contributed by atoms with Crippen molar-refractivity contribution < 1.29 is 9.53 Å². The van der Waals surface area contributed by atoms with Crippen molar-refractivity contribution in [3.63, 3.8) is 0 Å². The summed E-state index contributed by atoms with van der Waals surface area (Å²) in [6.45, 7) is 7.87. The smallest absolute Gasteiger partial charge is 0.407 e. The summed E-state index contributed by atoms with van der Waals surface area (Å²) < 4.78 is 7.27. The number of rotatable bonds is 6. The van der Waals surface area contributed by atoms with Crippen molar-refractivity contribution in [2.75, 3.05) is 6.54 Å². The lowest BCUT2D eigenvalue weighted by Gasteiger charge is -2.21. The lowest BCUT2D eigenvalue weighted by molar-refractivity contribution is 0.0523. The molecule has 3 rings (SSSR count). The number of fused-ring (bicyclic) bond motifs is 1. The number of carbonyl (C=O) groups excluding carboxylic acids is 1. The topological polar surface area (TPSA) is 67.7 Å². The van der Waals surface area contributed by atoms with Gasteiger partial charge in [0.1, 0.15) is 11.2 Å². The molecule has 1 aliphatic rings. The maximum atomic E-state index is 11.8. The van der Waals surface area contributed by atoms with Crippen LogP contribution in [-0.4, -0.2) is 27.6 Å². The molecule has 0 bridgehead atoms. The molecule has 2 heterocycles. The molecule has 1 saturated carbocycles. The van der Waals surface area contributed by atoms with Crippen LogP contribution >= 0.6 is 0 Å². The third-order valence-corrected chi connectivity index (χ3v) is 4.86. The molecule has 1 amide bonds. The van der Waals surface area contributed by atoms with Gasteiger partial charge in [-0.3, -0.25) is 0 Å². The summed E-state index contributed by atoms with van der Waals surface area (Å²) in [6.07, 6.45) is 10.5. The minimum absolute atomic E-state index is 0.353. The van der Waals surface area contributed by atoms with Gasteiger partial charge in [-0.2, -0.15) is 0 Å². The Balaban J connectivity index is 1.50. The number of nitrogens with zero attached hydrogens (tertiary/aromatic N) is 2. The van der Waals surface area contributed by atoms with E-state index in [2.05, 4.69) is 27.9 Å². The summed E-state index contributed by atoms with van der Waals surface area (Å²) in [7, 11) is 0. The Morgan fingerprint density at radius 1 is 1.19 bits per heavy atom. The Hall–Kier alpha value is -2.08. The third kappa shape index (κ3) is 6.24. The number of alkyl carbamates (subject to hydrolysis) is 1. The van der Waals surface area contributed by atoms with Gasteiger partial charge >= 0.3 is 6.09 Å². The Morgan fingerprint density at radius 2 is 1.96 bits per heavy atom. The zero-order valence-corrected chi connectivity index (χ0v) is 16.8. The van der Waals surface area contributed by atoms with Crippen molar-refractivity contribution in [2.45, 2.75) is 71.6 Å². The van der Waals surface area contributed by atoms with Gasteiger partial charge in [0.05, 0.1) is 12.2 Å². The molecule has 6 nitrogen and oxygen atoms in total. The fourth-order valence-corrected chi connectivity index (χ4v) is 3.57.